The average molecular weight is 300 g/mol. The molecular weight excluding hydrogens is 284 g/mol. The Hall–Kier alpha value is -2.05. The molecule has 0 bridgehead atoms. The van der Waals surface area contributed by atoms with Crippen molar-refractivity contribution in [2.24, 2.45) is 5.73 Å². The maximum Gasteiger partial charge on any atom is 0.235 e. The molecule has 3 aromatic rings. The first-order chi connectivity index (χ1) is 10.3. The van der Waals surface area contributed by atoms with Gasteiger partial charge in [-0.05, 0) is 12.5 Å². The maximum atomic E-state index is 5.86. The van der Waals surface area contributed by atoms with Gasteiger partial charge in [-0.3, -0.25) is 0 Å². The van der Waals surface area contributed by atoms with Crippen molar-refractivity contribution in [2.75, 3.05) is 6.54 Å². The summed E-state index contributed by atoms with van der Waals surface area (Å²) in [6.45, 7) is 2.41. The molecule has 108 valence electrons. The lowest BCUT2D eigenvalue weighted by Gasteiger charge is -2.09. The monoisotopic (exact) mass is 300 g/mol. The highest BCUT2D eigenvalue weighted by atomic mass is 32.1. The predicted molar refractivity (Wildman–Crippen MR) is 81.3 cm³/mol. The van der Waals surface area contributed by atoms with E-state index >= 15 is 0 Å². The van der Waals surface area contributed by atoms with Crippen LogP contribution < -0.4 is 5.73 Å². The number of benzene rings is 1. The Morgan fingerprint density at radius 2 is 2.05 bits per heavy atom. The average Bonchev–Trinajstić information content (AvgIpc) is 3.11. The highest BCUT2D eigenvalue weighted by Crippen LogP contribution is 2.22. The van der Waals surface area contributed by atoms with Crippen molar-refractivity contribution in [3.05, 3.63) is 63.7 Å². The van der Waals surface area contributed by atoms with E-state index in [-0.39, 0.29) is 5.92 Å². The third-order valence-electron chi connectivity index (χ3n) is 3.23. The molecule has 0 fully saturated rings. The van der Waals surface area contributed by atoms with Crippen LogP contribution in [0.4, 0.5) is 0 Å². The molecule has 0 spiro atoms. The van der Waals surface area contributed by atoms with Crippen LogP contribution in [-0.4, -0.2) is 21.7 Å². The number of hydrogen-bond acceptors (Lipinski definition) is 6. The molecule has 0 radical (unpaired) electrons. The van der Waals surface area contributed by atoms with Crippen molar-refractivity contribution < 1.29 is 4.52 Å². The van der Waals surface area contributed by atoms with Crippen LogP contribution in [0.3, 0.4) is 0 Å². The van der Waals surface area contributed by atoms with Gasteiger partial charge in [0, 0.05) is 11.9 Å². The van der Waals surface area contributed by atoms with E-state index in [0.29, 0.717) is 24.7 Å². The van der Waals surface area contributed by atoms with Gasteiger partial charge in [-0.1, -0.05) is 35.5 Å². The van der Waals surface area contributed by atoms with E-state index in [1.165, 1.54) is 0 Å². The lowest BCUT2D eigenvalue weighted by molar-refractivity contribution is 0.362. The summed E-state index contributed by atoms with van der Waals surface area (Å²) in [6, 6.07) is 9.97. The third-order valence-corrected chi connectivity index (χ3v) is 4.05. The van der Waals surface area contributed by atoms with E-state index in [1.54, 1.807) is 11.3 Å². The highest BCUT2D eigenvalue weighted by molar-refractivity contribution is 7.09. The minimum atomic E-state index is -0.0652. The molecule has 1 unspecified atom stereocenters. The van der Waals surface area contributed by atoms with Crippen LogP contribution >= 0.6 is 11.3 Å². The normalized spacial score (nSPS) is 12.5. The van der Waals surface area contributed by atoms with Crippen LogP contribution in [0.25, 0.3) is 0 Å². The molecule has 0 aliphatic carbocycles. The largest absolute Gasteiger partial charge is 0.339 e. The Balaban J connectivity index is 1.80. The number of nitrogens with two attached hydrogens (primary N) is 1. The fraction of sp³-hybridized carbons (Fsp3) is 0.267. The number of aromatic nitrogens is 3. The summed E-state index contributed by atoms with van der Waals surface area (Å²) in [5, 5.41) is 7.09. The molecule has 6 heteroatoms. The van der Waals surface area contributed by atoms with Crippen molar-refractivity contribution in [1.82, 2.24) is 15.1 Å². The van der Waals surface area contributed by atoms with Crippen molar-refractivity contribution in [3.63, 3.8) is 0 Å². The zero-order valence-electron chi connectivity index (χ0n) is 11.7. The molecule has 0 saturated heterocycles. The van der Waals surface area contributed by atoms with Crippen molar-refractivity contribution in [3.8, 4) is 0 Å². The topological polar surface area (TPSA) is 77.8 Å². The van der Waals surface area contributed by atoms with Gasteiger partial charge in [0.05, 0.1) is 23.0 Å². The number of aryl methyl sites for hydroxylation is 1. The zero-order chi connectivity index (χ0) is 14.7. The molecule has 5 nitrogen and oxygen atoms in total. The Labute approximate surface area is 126 Å². The zero-order valence-corrected chi connectivity index (χ0v) is 12.5. The maximum absolute atomic E-state index is 5.86. The van der Waals surface area contributed by atoms with E-state index in [0.717, 1.165) is 16.3 Å². The standard InChI is InChI=1S/C15H16N4OS/c1-10-17-12(9-21-10)7-14-18-15(20-19-14)13(8-16)11-5-3-2-4-6-11/h2-6,9,13H,7-8,16H2,1H3. The van der Waals surface area contributed by atoms with Crippen molar-refractivity contribution in [1.29, 1.82) is 0 Å². The van der Waals surface area contributed by atoms with E-state index in [1.807, 2.05) is 42.6 Å². The van der Waals surface area contributed by atoms with Crippen LogP contribution in [0.2, 0.25) is 0 Å². The molecule has 1 atom stereocenters. The summed E-state index contributed by atoms with van der Waals surface area (Å²) in [5.74, 6) is 1.14. The van der Waals surface area contributed by atoms with Gasteiger partial charge in [-0.2, -0.15) is 4.98 Å². The number of rotatable bonds is 5. The SMILES string of the molecule is Cc1nc(Cc2noc(C(CN)c3ccccc3)n2)cs1. The molecule has 2 N–H and O–H groups in total. The highest BCUT2D eigenvalue weighted by Gasteiger charge is 2.19. The van der Waals surface area contributed by atoms with Crippen molar-refractivity contribution >= 4 is 11.3 Å². The van der Waals surface area contributed by atoms with Crippen LogP contribution in [0.15, 0.2) is 40.2 Å². The first kappa shape index (κ1) is 13.9. The molecule has 1 aromatic carbocycles. The summed E-state index contributed by atoms with van der Waals surface area (Å²) in [6.07, 6.45) is 0.583. The summed E-state index contributed by atoms with van der Waals surface area (Å²) < 4.78 is 5.39. The Morgan fingerprint density at radius 3 is 2.71 bits per heavy atom. The lowest BCUT2D eigenvalue weighted by atomic mass is 9.99. The quantitative estimate of drug-likeness (QED) is 0.783. The van der Waals surface area contributed by atoms with Crippen molar-refractivity contribution in [2.45, 2.75) is 19.3 Å². The van der Waals surface area contributed by atoms with Gasteiger partial charge >= 0.3 is 0 Å². The van der Waals surface area contributed by atoms with Crippen LogP contribution in [0, 0.1) is 6.92 Å². The van der Waals surface area contributed by atoms with E-state index in [2.05, 4.69) is 15.1 Å². The second-order valence-electron chi connectivity index (χ2n) is 4.78. The fourth-order valence-electron chi connectivity index (χ4n) is 2.20. The van der Waals surface area contributed by atoms with Crippen LogP contribution in [0.1, 0.15) is 33.9 Å². The molecule has 0 aliphatic heterocycles. The van der Waals surface area contributed by atoms with Gasteiger partial charge in [0.1, 0.15) is 0 Å². The molecule has 2 heterocycles. The first-order valence-corrected chi connectivity index (χ1v) is 7.62. The molecule has 3 rings (SSSR count). The van der Waals surface area contributed by atoms with Gasteiger partial charge < -0.3 is 10.3 Å². The van der Waals surface area contributed by atoms with E-state index in [4.69, 9.17) is 10.3 Å². The van der Waals surface area contributed by atoms with Gasteiger partial charge in [-0.25, -0.2) is 4.98 Å². The molecule has 0 amide bonds. The Morgan fingerprint density at radius 1 is 1.24 bits per heavy atom. The molecule has 0 saturated carbocycles. The van der Waals surface area contributed by atoms with Crippen LogP contribution in [0.5, 0.6) is 0 Å². The fourth-order valence-corrected chi connectivity index (χ4v) is 2.81. The van der Waals surface area contributed by atoms with E-state index in [9.17, 15) is 0 Å². The van der Waals surface area contributed by atoms with Gasteiger partial charge in [-0.15, -0.1) is 11.3 Å². The second kappa shape index (κ2) is 6.15. The summed E-state index contributed by atoms with van der Waals surface area (Å²) in [4.78, 5) is 8.88. The minimum Gasteiger partial charge on any atom is -0.339 e. The molecule has 0 aliphatic rings. The predicted octanol–water partition coefficient (Wildman–Crippen LogP) is 2.52. The molecular formula is C15H16N4OS. The van der Waals surface area contributed by atoms with Gasteiger partial charge in [0.15, 0.2) is 5.82 Å². The number of nitrogens with zero attached hydrogens (tertiary/aromatic N) is 3. The summed E-state index contributed by atoms with van der Waals surface area (Å²) in [5.41, 5.74) is 7.91. The molecule has 2 aromatic heterocycles. The summed E-state index contributed by atoms with van der Waals surface area (Å²) >= 11 is 1.62. The van der Waals surface area contributed by atoms with E-state index < -0.39 is 0 Å². The minimum absolute atomic E-state index is 0.0652. The Bertz CT molecular complexity index is 707. The first-order valence-electron chi connectivity index (χ1n) is 6.74. The third kappa shape index (κ3) is 3.17. The van der Waals surface area contributed by atoms with Gasteiger partial charge in [0.25, 0.3) is 0 Å². The van der Waals surface area contributed by atoms with Gasteiger partial charge in [0.2, 0.25) is 5.89 Å². The number of hydrogen-bond donors (Lipinski definition) is 1. The Kier molecular flexibility index (Phi) is 4.08. The van der Waals surface area contributed by atoms with Crippen LogP contribution in [-0.2, 0) is 6.42 Å². The lowest BCUT2D eigenvalue weighted by Crippen LogP contribution is -2.14. The molecule has 21 heavy (non-hydrogen) atoms. The number of thiazole rings is 1. The summed E-state index contributed by atoms with van der Waals surface area (Å²) in [7, 11) is 0. The smallest absolute Gasteiger partial charge is 0.235 e. The second-order valence-corrected chi connectivity index (χ2v) is 5.84.